The van der Waals surface area contributed by atoms with E-state index in [1.54, 1.807) is 0 Å². The quantitative estimate of drug-likeness (QED) is 0.569. The molecule has 86 valence electrons. The van der Waals surface area contributed by atoms with E-state index in [1.807, 2.05) is 0 Å². The lowest BCUT2D eigenvalue weighted by Gasteiger charge is -2.03. The van der Waals surface area contributed by atoms with E-state index in [-0.39, 0.29) is 43.6 Å². The first kappa shape index (κ1) is 13.4. The Labute approximate surface area is 88.4 Å². The first-order chi connectivity index (χ1) is 7.10. The van der Waals surface area contributed by atoms with Crippen LogP contribution in [-0.4, -0.2) is 38.5 Å². The van der Waals surface area contributed by atoms with Gasteiger partial charge in [0.1, 0.15) is 0 Å². The lowest BCUT2D eigenvalue weighted by atomic mass is 10.3. The van der Waals surface area contributed by atoms with Gasteiger partial charge in [0.25, 0.3) is 0 Å². The number of ether oxygens (including phenoxy) is 1. The maximum atomic E-state index is 11.1. The Bertz CT molecular complexity index is 240. The van der Waals surface area contributed by atoms with Crippen molar-refractivity contribution in [2.75, 3.05) is 20.7 Å². The Hall–Kier alpha value is -1.59. The number of amides is 2. The van der Waals surface area contributed by atoms with Crippen molar-refractivity contribution in [2.45, 2.75) is 19.3 Å². The van der Waals surface area contributed by atoms with Gasteiger partial charge in [-0.3, -0.25) is 14.4 Å². The van der Waals surface area contributed by atoms with E-state index in [0.29, 0.717) is 0 Å². The van der Waals surface area contributed by atoms with Gasteiger partial charge in [-0.15, -0.1) is 0 Å². The summed E-state index contributed by atoms with van der Waals surface area (Å²) in [5, 5.41) is 4.92. The summed E-state index contributed by atoms with van der Waals surface area (Å²) in [7, 11) is 2.80. The summed E-state index contributed by atoms with van der Waals surface area (Å²) in [6.07, 6.45) is 0.420. The molecule has 0 atom stereocenters. The summed E-state index contributed by atoms with van der Waals surface area (Å²) < 4.78 is 4.39. The van der Waals surface area contributed by atoms with Crippen LogP contribution in [0.4, 0.5) is 0 Å². The van der Waals surface area contributed by atoms with Crippen LogP contribution in [0.1, 0.15) is 19.3 Å². The van der Waals surface area contributed by atoms with Crippen molar-refractivity contribution in [1.82, 2.24) is 10.6 Å². The number of carbonyl (C=O) groups excluding carboxylic acids is 3. The number of methoxy groups -OCH3 is 1. The highest BCUT2D eigenvalue weighted by Gasteiger charge is 2.06. The van der Waals surface area contributed by atoms with Gasteiger partial charge in [-0.1, -0.05) is 0 Å². The van der Waals surface area contributed by atoms with E-state index in [4.69, 9.17) is 0 Å². The molecule has 0 rings (SSSR count). The van der Waals surface area contributed by atoms with E-state index >= 15 is 0 Å². The summed E-state index contributed by atoms with van der Waals surface area (Å²) in [4.78, 5) is 32.5. The highest BCUT2D eigenvalue weighted by Crippen LogP contribution is 1.89. The zero-order valence-corrected chi connectivity index (χ0v) is 8.96. The zero-order valence-electron chi connectivity index (χ0n) is 8.96. The fourth-order valence-electron chi connectivity index (χ4n) is 0.846. The van der Waals surface area contributed by atoms with E-state index < -0.39 is 0 Å². The lowest BCUT2D eigenvalue weighted by molar-refractivity contribution is -0.140. The SMILES string of the molecule is CNC(=O)CCC(=O)NCCC(=O)OC. The molecular formula is C9H16N2O4. The number of hydrogen-bond donors (Lipinski definition) is 2. The van der Waals surface area contributed by atoms with E-state index in [9.17, 15) is 14.4 Å². The number of carbonyl (C=O) groups is 3. The third-order valence-corrected chi connectivity index (χ3v) is 1.74. The number of esters is 1. The molecule has 0 heterocycles. The molecule has 0 aliphatic heterocycles. The van der Waals surface area contributed by atoms with Crippen molar-refractivity contribution in [2.24, 2.45) is 0 Å². The van der Waals surface area contributed by atoms with Gasteiger partial charge in [0.05, 0.1) is 13.5 Å². The minimum absolute atomic E-state index is 0.126. The van der Waals surface area contributed by atoms with E-state index in [2.05, 4.69) is 15.4 Å². The van der Waals surface area contributed by atoms with E-state index in [0.717, 1.165) is 0 Å². The van der Waals surface area contributed by atoms with Crippen LogP contribution in [0.3, 0.4) is 0 Å². The summed E-state index contributed by atoms with van der Waals surface area (Å²) in [6, 6.07) is 0. The molecule has 0 aromatic carbocycles. The van der Waals surface area contributed by atoms with Gasteiger partial charge in [-0.2, -0.15) is 0 Å². The summed E-state index contributed by atoms with van der Waals surface area (Å²) in [5.41, 5.74) is 0. The average Bonchev–Trinajstić information content (AvgIpc) is 2.25. The minimum atomic E-state index is -0.374. The van der Waals surface area contributed by atoms with Crippen LogP contribution in [-0.2, 0) is 19.1 Å². The monoisotopic (exact) mass is 216 g/mol. The Morgan fingerprint density at radius 1 is 1.07 bits per heavy atom. The normalized spacial score (nSPS) is 9.20. The third kappa shape index (κ3) is 7.48. The molecule has 0 aliphatic carbocycles. The molecule has 6 nitrogen and oxygen atoms in total. The molecule has 2 N–H and O–H groups in total. The van der Waals surface area contributed by atoms with Crippen LogP contribution < -0.4 is 10.6 Å². The minimum Gasteiger partial charge on any atom is -0.469 e. The molecule has 0 radical (unpaired) electrons. The molecule has 0 spiro atoms. The molecule has 0 saturated carbocycles. The van der Waals surface area contributed by atoms with Crippen molar-refractivity contribution in [3.05, 3.63) is 0 Å². The van der Waals surface area contributed by atoms with Crippen LogP contribution in [0.5, 0.6) is 0 Å². The van der Waals surface area contributed by atoms with Crippen LogP contribution in [0.15, 0.2) is 0 Å². The average molecular weight is 216 g/mol. The molecule has 0 fully saturated rings. The zero-order chi connectivity index (χ0) is 11.7. The molecular weight excluding hydrogens is 200 g/mol. The largest absolute Gasteiger partial charge is 0.469 e. The van der Waals surface area contributed by atoms with Gasteiger partial charge in [0.2, 0.25) is 11.8 Å². The van der Waals surface area contributed by atoms with Gasteiger partial charge in [0.15, 0.2) is 0 Å². The molecule has 6 heteroatoms. The van der Waals surface area contributed by atoms with Gasteiger partial charge in [-0.05, 0) is 0 Å². The van der Waals surface area contributed by atoms with Crippen LogP contribution in [0, 0.1) is 0 Å². The van der Waals surface area contributed by atoms with E-state index in [1.165, 1.54) is 14.2 Å². The molecule has 0 unspecified atom stereocenters. The predicted molar refractivity (Wildman–Crippen MR) is 52.9 cm³/mol. The summed E-state index contributed by atoms with van der Waals surface area (Å²) >= 11 is 0. The van der Waals surface area contributed by atoms with Gasteiger partial charge in [0, 0.05) is 26.4 Å². The van der Waals surface area contributed by atoms with Crippen molar-refractivity contribution < 1.29 is 19.1 Å². The molecule has 0 aromatic heterocycles. The third-order valence-electron chi connectivity index (χ3n) is 1.74. The topological polar surface area (TPSA) is 84.5 Å². The number of rotatable bonds is 6. The fourth-order valence-corrected chi connectivity index (χ4v) is 0.846. The molecule has 15 heavy (non-hydrogen) atoms. The fraction of sp³-hybridized carbons (Fsp3) is 0.667. The Morgan fingerprint density at radius 2 is 1.67 bits per heavy atom. The first-order valence-corrected chi connectivity index (χ1v) is 4.64. The van der Waals surface area contributed by atoms with Crippen LogP contribution >= 0.6 is 0 Å². The van der Waals surface area contributed by atoms with Crippen molar-refractivity contribution in [3.63, 3.8) is 0 Å². The van der Waals surface area contributed by atoms with Crippen LogP contribution in [0.25, 0.3) is 0 Å². The Morgan fingerprint density at radius 3 is 2.20 bits per heavy atom. The molecule has 0 aromatic rings. The van der Waals surface area contributed by atoms with Gasteiger partial charge >= 0.3 is 5.97 Å². The molecule has 0 saturated heterocycles. The maximum Gasteiger partial charge on any atom is 0.307 e. The second-order valence-corrected chi connectivity index (χ2v) is 2.85. The standard InChI is InChI=1S/C9H16N2O4/c1-10-7(12)3-4-8(13)11-6-5-9(14)15-2/h3-6H2,1-2H3,(H,10,12)(H,11,13). The molecule has 0 bridgehead atoms. The molecule has 2 amide bonds. The Kier molecular flexibility index (Phi) is 6.96. The highest BCUT2D eigenvalue weighted by molar-refractivity contribution is 5.83. The van der Waals surface area contributed by atoms with Gasteiger partial charge in [-0.25, -0.2) is 0 Å². The maximum absolute atomic E-state index is 11.1. The van der Waals surface area contributed by atoms with Crippen molar-refractivity contribution in [1.29, 1.82) is 0 Å². The number of hydrogen-bond acceptors (Lipinski definition) is 4. The van der Waals surface area contributed by atoms with Crippen LogP contribution in [0.2, 0.25) is 0 Å². The smallest absolute Gasteiger partial charge is 0.307 e. The Balaban J connectivity index is 3.49. The van der Waals surface area contributed by atoms with Gasteiger partial charge < -0.3 is 15.4 Å². The second-order valence-electron chi connectivity index (χ2n) is 2.85. The second kappa shape index (κ2) is 7.78. The summed E-state index contributed by atoms with van der Waals surface area (Å²) in [6.45, 7) is 0.235. The van der Waals surface area contributed by atoms with Crippen molar-refractivity contribution >= 4 is 17.8 Å². The van der Waals surface area contributed by atoms with Crippen molar-refractivity contribution in [3.8, 4) is 0 Å². The summed E-state index contributed by atoms with van der Waals surface area (Å²) in [5.74, 6) is -0.803. The molecule has 0 aliphatic rings. The lowest BCUT2D eigenvalue weighted by Crippen LogP contribution is -2.28. The highest BCUT2D eigenvalue weighted by atomic mass is 16.5. The number of nitrogens with one attached hydrogen (secondary N) is 2. The predicted octanol–water partition coefficient (Wildman–Crippen LogP) is -0.808. The first-order valence-electron chi connectivity index (χ1n) is 4.64.